The molecule has 1 aliphatic carbocycles. The molecule has 2 bridgehead atoms. The van der Waals surface area contributed by atoms with Crippen LogP contribution in [0.2, 0.25) is 5.02 Å². The lowest BCUT2D eigenvalue weighted by Crippen LogP contribution is -2.54. The molecule has 1 saturated carbocycles. The molecule has 3 rings (SSSR count). The van der Waals surface area contributed by atoms with Crippen LogP contribution in [-0.4, -0.2) is 30.9 Å². The van der Waals surface area contributed by atoms with E-state index < -0.39 is 38.3 Å². The minimum atomic E-state index is -4.22. The lowest BCUT2D eigenvalue weighted by Gasteiger charge is -2.35. The maximum Gasteiger partial charge on any atom is 0.313 e. The van der Waals surface area contributed by atoms with Crippen molar-refractivity contribution in [3.8, 4) is 0 Å². The van der Waals surface area contributed by atoms with Crippen LogP contribution in [0.25, 0.3) is 0 Å². The average molecular weight is 373 g/mol. The van der Waals surface area contributed by atoms with Crippen molar-refractivity contribution in [3.05, 3.63) is 23.4 Å². The summed E-state index contributed by atoms with van der Waals surface area (Å²) in [6, 6.07) is 2.56. The van der Waals surface area contributed by atoms with E-state index in [0.717, 1.165) is 6.07 Å². The zero-order valence-corrected chi connectivity index (χ0v) is 15.0. The summed E-state index contributed by atoms with van der Waals surface area (Å²) in [5.74, 6) is -1.34. The van der Waals surface area contributed by atoms with E-state index in [1.54, 1.807) is 20.8 Å². The summed E-state index contributed by atoms with van der Waals surface area (Å²) >= 11 is 5.77. The highest BCUT2D eigenvalue weighted by atomic mass is 35.5. The van der Waals surface area contributed by atoms with E-state index in [1.807, 2.05) is 4.72 Å². The molecule has 1 aromatic rings. The van der Waals surface area contributed by atoms with Gasteiger partial charge in [-0.15, -0.1) is 0 Å². The van der Waals surface area contributed by atoms with Crippen molar-refractivity contribution in [1.29, 1.82) is 0 Å². The summed E-state index contributed by atoms with van der Waals surface area (Å²) in [6.07, 6.45) is 1.96. The van der Waals surface area contributed by atoms with Gasteiger partial charge in [0, 0.05) is 16.6 Å². The number of fused-ring (bicyclic) bond motifs is 2. The molecule has 1 N–H and O–H groups in total. The summed E-state index contributed by atoms with van der Waals surface area (Å²) < 4.78 is 32.2. The molecule has 2 heterocycles. The third-order valence-corrected chi connectivity index (χ3v) is 7.11. The molecule has 2 aliphatic rings. The number of rotatable bonds is 3. The Morgan fingerprint density at radius 3 is 2.50 bits per heavy atom. The molecule has 2 atom stereocenters. The van der Waals surface area contributed by atoms with Gasteiger partial charge in [0.05, 0.1) is 5.41 Å². The van der Waals surface area contributed by atoms with Crippen LogP contribution in [0.5, 0.6) is 0 Å². The molecule has 1 aliphatic heterocycles. The number of ether oxygens (including phenoxy) is 1. The van der Waals surface area contributed by atoms with Gasteiger partial charge in [-0.25, -0.2) is 9.71 Å². The van der Waals surface area contributed by atoms with E-state index in [-0.39, 0.29) is 16.5 Å². The van der Waals surface area contributed by atoms with Gasteiger partial charge in [-0.1, -0.05) is 25.4 Å². The quantitative estimate of drug-likeness (QED) is 0.809. The maximum absolute atomic E-state index is 12.8. The van der Waals surface area contributed by atoms with E-state index >= 15 is 0 Å². The fourth-order valence-electron chi connectivity index (χ4n) is 3.54. The highest BCUT2D eigenvalue weighted by molar-refractivity contribution is 7.90. The summed E-state index contributed by atoms with van der Waals surface area (Å²) in [5, 5.41) is -0.195. The Hall–Kier alpha value is -1.67. The lowest BCUT2D eigenvalue weighted by atomic mass is 9.66. The van der Waals surface area contributed by atoms with Crippen molar-refractivity contribution >= 4 is 33.5 Å². The molecule has 1 aromatic heterocycles. The Morgan fingerprint density at radius 1 is 1.33 bits per heavy atom. The Labute approximate surface area is 144 Å². The molecule has 1 saturated heterocycles. The molecule has 0 spiro atoms. The molecule has 0 radical (unpaired) electrons. The van der Waals surface area contributed by atoms with Crippen molar-refractivity contribution in [3.63, 3.8) is 0 Å². The Bertz CT molecular complexity index is 853. The molecular formula is C15H17ClN2O5S. The number of pyridine rings is 1. The smallest absolute Gasteiger partial charge is 0.313 e. The van der Waals surface area contributed by atoms with Crippen molar-refractivity contribution in [2.75, 3.05) is 0 Å². The van der Waals surface area contributed by atoms with Gasteiger partial charge in [0.1, 0.15) is 0 Å². The maximum atomic E-state index is 12.8. The first-order valence-electron chi connectivity index (χ1n) is 7.39. The molecule has 2 fully saturated rings. The zero-order valence-electron chi connectivity index (χ0n) is 13.4. The molecule has 1 amide bonds. The molecule has 9 heteroatoms. The number of halogens is 1. The number of nitrogens with one attached hydrogen (secondary N) is 1. The first-order valence-corrected chi connectivity index (χ1v) is 9.25. The predicted molar refractivity (Wildman–Crippen MR) is 84.5 cm³/mol. The first-order chi connectivity index (χ1) is 11.0. The Balaban J connectivity index is 1.95. The highest BCUT2D eigenvalue weighted by Crippen LogP contribution is 2.65. The second-order valence-corrected chi connectivity index (χ2v) is 8.99. The molecular weight excluding hydrogens is 356 g/mol. The predicted octanol–water partition coefficient (Wildman–Crippen LogP) is 1.66. The summed E-state index contributed by atoms with van der Waals surface area (Å²) in [5.41, 5.74) is -3.16. The van der Waals surface area contributed by atoms with Gasteiger partial charge in [-0.2, -0.15) is 8.42 Å². The van der Waals surface area contributed by atoms with Gasteiger partial charge in [-0.05, 0) is 31.9 Å². The zero-order chi connectivity index (χ0) is 18.0. The van der Waals surface area contributed by atoms with Crippen molar-refractivity contribution in [2.24, 2.45) is 10.8 Å². The van der Waals surface area contributed by atoms with Crippen LogP contribution in [0.3, 0.4) is 0 Å². The fourth-order valence-corrected chi connectivity index (χ4v) is 4.76. The molecule has 0 aromatic carbocycles. The van der Waals surface area contributed by atoms with Crippen LogP contribution < -0.4 is 4.72 Å². The third kappa shape index (κ3) is 2.02. The van der Waals surface area contributed by atoms with Crippen LogP contribution in [0.4, 0.5) is 0 Å². The minimum Gasteiger partial charge on any atom is -0.448 e. The number of aromatic nitrogens is 1. The standard InChI is InChI=1S/C15H17ClN2O5S/c1-13(2)14(3)5-6-15(13,23-12(14)20)11(19)18-24(21,22)10-8-9(16)4-7-17-10/h4,7-8H,5-6H2,1-3H3,(H,18,19)/t14-,15+/m0/s1. The minimum absolute atomic E-state index is 0.178. The van der Waals surface area contributed by atoms with Gasteiger partial charge in [0.25, 0.3) is 15.9 Å². The largest absolute Gasteiger partial charge is 0.448 e. The topological polar surface area (TPSA) is 102 Å². The Kier molecular flexibility index (Phi) is 3.52. The number of nitrogens with zero attached hydrogens (tertiary/aromatic N) is 1. The number of amides is 1. The SMILES string of the molecule is CC1(C)[C@@]2(C)CC[C@]1(C(=O)NS(=O)(=O)c1cc(Cl)ccn1)OC2=O. The van der Waals surface area contributed by atoms with Crippen molar-refractivity contribution < 1.29 is 22.7 Å². The Morgan fingerprint density at radius 2 is 2.00 bits per heavy atom. The van der Waals surface area contributed by atoms with Gasteiger partial charge in [0.15, 0.2) is 10.6 Å². The molecule has 24 heavy (non-hydrogen) atoms. The van der Waals surface area contributed by atoms with E-state index in [9.17, 15) is 18.0 Å². The number of hydrogen-bond donors (Lipinski definition) is 1. The number of carbonyl (C=O) groups excluding carboxylic acids is 2. The second kappa shape index (κ2) is 4.92. The summed E-state index contributed by atoms with van der Waals surface area (Å²) in [7, 11) is -4.22. The van der Waals surface area contributed by atoms with Crippen LogP contribution in [-0.2, 0) is 24.3 Å². The van der Waals surface area contributed by atoms with Gasteiger partial charge >= 0.3 is 5.97 Å². The summed E-state index contributed by atoms with van der Waals surface area (Å²) in [4.78, 5) is 28.7. The normalized spacial score (nSPS) is 30.9. The third-order valence-electron chi connectivity index (χ3n) is 5.65. The van der Waals surface area contributed by atoms with Crippen LogP contribution in [0, 0.1) is 10.8 Å². The monoisotopic (exact) mass is 372 g/mol. The number of sulfonamides is 1. The van der Waals surface area contributed by atoms with E-state index in [2.05, 4.69) is 4.98 Å². The van der Waals surface area contributed by atoms with Gasteiger partial charge in [-0.3, -0.25) is 9.59 Å². The second-order valence-electron chi connectivity index (χ2n) is 6.92. The van der Waals surface area contributed by atoms with Crippen LogP contribution in [0.15, 0.2) is 23.4 Å². The van der Waals surface area contributed by atoms with E-state index in [4.69, 9.17) is 16.3 Å². The first kappa shape index (κ1) is 17.2. The van der Waals surface area contributed by atoms with Gasteiger partial charge in [0.2, 0.25) is 0 Å². The molecule has 130 valence electrons. The van der Waals surface area contributed by atoms with Gasteiger partial charge < -0.3 is 4.74 Å². The highest BCUT2D eigenvalue weighted by Gasteiger charge is 2.76. The molecule has 7 nitrogen and oxygen atoms in total. The van der Waals surface area contributed by atoms with Crippen LogP contribution in [0.1, 0.15) is 33.6 Å². The van der Waals surface area contributed by atoms with E-state index in [0.29, 0.717) is 6.42 Å². The fraction of sp³-hybridized carbons (Fsp3) is 0.533. The number of esters is 1. The van der Waals surface area contributed by atoms with Crippen LogP contribution >= 0.6 is 11.6 Å². The lowest BCUT2D eigenvalue weighted by molar-refractivity contribution is -0.167. The van der Waals surface area contributed by atoms with Crippen molar-refractivity contribution in [1.82, 2.24) is 9.71 Å². The van der Waals surface area contributed by atoms with Crippen molar-refractivity contribution in [2.45, 2.75) is 44.2 Å². The molecule has 0 unspecified atom stereocenters. The number of carbonyl (C=O) groups is 2. The average Bonchev–Trinajstić information content (AvgIpc) is 2.77. The van der Waals surface area contributed by atoms with E-state index in [1.165, 1.54) is 12.3 Å². The summed E-state index contributed by atoms with van der Waals surface area (Å²) in [6.45, 7) is 5.23. The number of hydrogen-bond acceptors (Lipinski definition) is 6.